The Kier molecular flexibility index (Phi) is 6.98. The Morgan fingerprint density at radius 3 is 2.17 bits per heavy atom. The van der Waals surface area contributed by atoms with Crippen LogP contribution in [0.2, 0.25) is 5.02 Å². The van der Waals surface area contributed by atoms with E-state index in [0.29, 0.717) is 27.8 Å². The fourth-order valence-electron chi connectivity index (χ4n) is 4.12. The predicted octanol–water partition coefficient (Wildman–Crippen LogP) is 4.77. The number of hydrogen-bond donors (Lipinski definition) is 1. The molecule has 1 aliphatic heterocycles. The number of amides is 1. The van der Waals surface area contributed by atoms with Gasteiger partial charge in [0.25, 0.3) is 11.7 Å². The molecule has 0 bridgehead atoms. The van der Waals surface area contributed by atoms with E-state index < -0.39 is 29.5 Å². The van der Waals surface area contributed by atoms with Crippen LogP contribution < -0.4 is 14.4 Å². The number of aliphatic hydroxyl groups excluding tert-OH is 1. The van der Waals surface area contributed by atoms with Crippen molar-refractivity contribution in [2.75, 3.05) is 26.2 Å². The lowest BCUT2D eigenvalue weighted by molar-refractivity contribution is -0.132. The van der Waals surface area contributed by atoms with Crippen LogP contribution in [0.5, 0.6) is 11.5 Å². The van der Waals surface area contributed by atoms with Crippen LogP contribution in [0.1, 0.15) is 27.5 Å². The minimum Gasteiger partial charge on any atom is -0.507 e. The number of ketones is 1. The maximum Gasteiger partial charge on any atom is 0.337 e. The largest absolute Gasteiger partial charge is 0.507 e. The molecule has 1 saturated heterocycles. The maximum absolute atomic E-state index is 13.3. The van der Waals surface area contributed by atoms with E-state index in [0.717, 1.165) is 0 Å². The standard InChI is InChI=1S/C27H22ClNO7/c1-34-20-7-5-4-6-18(20)23-22(24(30)16-10-13-19(28)21(14-16)35-2)25(31)26(32)29(23)17-11-8-15(9-12-17)27(33)36-3/h4-14,23,30H,1-3H3/b24-22+. The number of carbonyl (C=O) groups excluding carboxylic acids is 3. The molecule has 9 heteroatoms. The van der Waals surface area contributed by atoms with Gasteiger partial charge in [-0.1, -0.05) is 29.8 Å². The number of nitrogens with zero attached hydrogens (tertiary/aromatic N) is 1. The molecule has 1 amide bonds. The van der Waals surface area contributed by atoms with Crippen LogP contribution in [-0.4, -0.2) is 44.1 Å². The molecule has 8 nitrogen and oxygen atoms in total. The summed E-state index contributed by atoms with van der Waals surface area (Å²) in [6, 6.07) is 16.5. The molecule has 0 aromatic heterocycles. The Hall–Kier alpha value is -4.30. The molecular weight excluding hydrogens is 486 g/mol. The average molecular weight is 508 g/mol. The first-order chi connectivity index (χ1) is 17.3. The molecule has 0 radical (unpaired) electrons. The van der Waals surface area contributed by atoms with Crippen molar-refractivity contribution in [3.63, 3.8) is 0 Å². The van der Waals surface area contributed by atoms with E-state index in [2.05, 4.69) is 0 Å². The molecule has 1 aliphatic rings. The quantitative estimate of drug-likeness (QED) is 0.222. The number of hydrogen-bond acceptors (Lipinski definition) is 7. The number of carbonyl (C=O) groups is 3. The Labute approximate surface area is 212 Å². The van der Waals surface area contributed by atoms with E-state index in [9.17, 15) is 19.5 Å². The summed E-state index contributed by atoms with van der Waals surface area (Å²) in [6.07, 6.45) is 0. The second-order valence-corrected chi connectivity index (χ2v) is 8.21. The van der Waals surface area contributed by atoms with Crippen LogP contribution in [-0.2, 0) is 14.3 Å². The predicted molar refractivity (Wildman–Crippen MR) is 134 cm³/mol. The molecule has 1 unspecified atom stereocenters. The molecule has 36 heavy (non-hydrogen) atoms. The first kappa shape index (κ1) is 24.8. The van der Waals surface area contributed by atoms with Gasteiger partial charge < -0.3 is 19.3 Å². The molecule has 0 aliphatic carbocycles. The molecule has 3 aromatic rings. The Bertz CT molecular complexity index is 1380. The van der Waals surface area contributed by atoms with Crippen molar-refractivity contribution < 1.29 is 33.7 Å². The van der Waals surface area contributed by atoms with E-state index in [4.69, 9.17) is 25.8 Å². The van der Waals surface area contributed by atoms with Gasteiger partial charge in [0.2, 0.25) is 0 Å². The molecule has 184 valence electrons. The first-order valence-corrected chi connectivity index (χ1v) is 11.2. The highest BCUT2D eigenvalue weighted by Crippen LogP contribution is 2.45. The average Bonchev–Trinajstić information content (AvgIpc) is 3.17. The molecule has 0 saturated carbocycles. The number of benzene rings is 3. The van der Waals surface area contributed by atoms with Crippen molar-refractivity contribution in [1.29, 1.82) is 0 Å². The monoisotopic (exact) mass is 507 g/mol. The third-order valence-electron chi connectivity index (χ3n) is 5.87. The number of Topliss-reactive ketones (excluding diaryl/α,β-unsaturated/α-hetero) is 1. The highest BCUT2D eigenvalue weighted by molar-refractivity contribution is 6.51. The van der Waals surface area contributed by atoms with E-state index in [-0.39, 0.29) is 16.7 Å². The zero-order valence-electron chi connectivity index (χ0n) is 19.7. The number of aliphatic hydroxyl groups is 1. The summed E-state index contributed by atoms with van der Waals surface area (Å²) in [7, 11) is 4.17. The second kappa shape index (κ2) is 10.1. The van der Waals surface area contributed by atoms with Crippen LogP contribution in [0.15, 0.2) is 72.3 Å². The van der Waals surface area contributed by atoms with Gasteiger partial charge in [-0.15, -0.1) is 0 Å². The van der Waals surface area contributed by atoms with Gasteiger partial charge in [-0.2, -0.15) is 0 Å². The molecule has 4 rings (SSSR count). The van der Waals surface area contributed by atoms with Gasteiger partial charge in [-0.25, -0.2) is 4.79 Å². The van der Waals surface area contributed by atoms with Crippen molar-refractivity contribution >= 4 is 40.7 Å². The van der Waals surface area contributed by atoms with Crippen LogP contribution in [0.3, 0.4) is 0 Å². The van der Waals surface area contributed by atoms with E-state index in [1.165, 1.54) is 68.7 Å². The lowest BCUT2D eigenvalue weighted by Crippen LogP contribution is -2.29. The van der Waals surface area contributed by atoms with Crippen molar-refractivity contribution in [3.8, 4) is 11.5 Å². The van der Waals surface area contributed by atoms with Gasteiger partial charge in [-0.05, 0) is 48.5 Å². The number of rotatable bonds is 6. The number of esters is 1. The van der Waals surface area contributed by atoms with E-state index >= 15 is 0 Å². The maximum atomic E-state index is 13.3. The highest BCUT2D eigenvalue weighted by atomic mass is 35.5. The lowest BCUT2D eigenvalue weighted by atomic mass is 9.94. The summed E-state index contributed by atoms with van der Waals surface area (Å²) < 4.78 is 15.5. The second-order valence-electron chi connectivity index (χ2n) is 7.80. The van der Waals surface area contributed by atoms with Gasteiger partial charge in [0, 0.05) is 16.8 Å². The van der Waals surface area contributed by atoms with Crippen LogP contribution >= 0.6 is 11.6 Å². The number of halogens is 1. The fourth-order valence-corrected chi connectivity index (χ4v) is 4.32. The van der Waals surface area contributed by atoms with E-state index in [1.807, 2.05) is 0 Å². The summed E-state index contributed by atoms with van der Waals surface area (Å²) in [5, 5.41) is 11.6. The van der Waals surface area contributed by atoms with Crippen LogP contribution in [0.4, 0.5) is 5.69 Å². The first-order valence-electron chi connectivity index (χ1n) is 10.8. The number of ether oxygens (including phenoxy) is 3. The fraction of sp³-hybridized carbons (Fsp3) is 0.148. The van der Waals surface area contributed by atoms with Gasteiger partial charge in [0.1, 0.15) is 17.3 Å². The minimum atomic E-state index is -1.02. The SMILES string of the molecule is COC(=O)c1ccc(N2C(=O)C(=O)/C(=C(/O)c3ccc(Cl)c(OC)c3)C2c2ccccc2OC)cc1. The van der Waals surface area contributed by atoms with Gasteiger partial charge in [0.05, 0.1) is 43.5 Å². The summed E-state index contributed by atoms with van der Waals surface area (Å²) in [6.45, 7) is 0. The molecule has 1 atom stereocenters. The Morgan fingerprint density at radius 1 is 0.889 bits per heavy atom. The zero-order valence-corrected chi connectivity index (χ0v) is 20.4. The zero-order chi connectivity index (χ0) is 26.0. The number of para-hydroxylation sites is 1. The van der Waals surface area contributed by atoms with Gasteiger partial charge >= 0.3 is 5.97 Å². The van der Waals surface area contributed by atoms with Gasteiger partial charge in [-0.3, -0.25) is 14.5 Å². The lowest BCUT2D eigenvalue weighted by Gasteiger charge is -2.26. The molecule has 1 fully saturated rings. The molecule has 3 aromatic carbocycles. The van der Waals surface area contributed by atoms with Crippen molar-refractivity contribution in [3.05, 3.63) is 94.0 Å². The van der Waals surface area contributed by atoms with Crippen molar-refractivity contribution in [1.82, 2.24) is 0 Å². The van der Waals surface area contributed by atoms with Crippen LogP contribution in [0, 0.1) is 0 Å². The Morgan fingerprint density at radius 2 is 1.53 bits per heavy atom. The topological polar surface area (TPSA) is 102 Å². The summed E-state index contributed by atoms with van der Waals surface area (Å²) >= 11 is 6.12. The third-order valence-corrected chi connectivity index (χ3v) is 6.18. The molecule has 1 heterocycles. The molecular formula is C27H22ClNO7. The van der Waals surface area contributed by atoms with Crippen molar-refractivity contribution in [2.24, 2.45) is 0 Å². The highest BCUT2D eigenvalue weighted by Gasteiger charge is 2.48. The van der Waals surface area contributed by atoms with Crippen LogP contribution in [0.25, 0.3) is 5.76 Å². The molecule has 0 spiro atoms. The van der Waals surface area contributed by atoms with E-state index in [1.54, 1.807) is 24.3 Å². The normalized spacial score (nSPS) is 16.7. The molecule has 1 N–H and O–H groups in total. The minimum absolute atomic E-state index is 0.133. The third kappa shape index (κ3) is 4.27. The summed E-state index contributed by atoms with van der Waals surface area (Å²) in [4.78, 5) is 39.8. The Balaban J connectivity index is 1.94. The van der Waals surface area contributed by atoms with Crippen molar-refractivity contribution in [2.45, 2.75) is 6.04 Å². The smallest absolute Gasteiger partial charge is 0.337 e. The number of anilines is 1. The summed E-state index contributed by atoms with van der Waals surface area (Å²) in [5.74, 6) is -1.95. The summed E-state index contributed by atoms with van der Waals surface area (Å²) in [5.41, 5.74) is 1.22. The number of methoxy groups -OCH3 is 3. The van der Waals surface area contributed by atoms with Gasteiger partial charge in [0.15, 0.2) is 0 Å².